The molecule has 0 unspecified atom stereocenters. The molecule has 0 aliphatic carbocycles. The van der Waals surface area contributed by atoms with E-state index in [1.165, 1.54) is 38.5 Å². The normalized spacial score (nSPS) is 7.86. The van der Waals surface area contributed by atoms with E-state index in [0.717, 1.165) is 4.43 Å². The van der Waals surface area contributed by atoms with Gasteiger partial charge in [-0.3, -0.25) is 0 Å². The molecule has 0 aliphatic rings. The van der Waals surface area contributed by atoms with Gasteiger partial charge in [-0.2, -0.15) is 0 Å². The van der Waals surface area contributed by atoms with E-state index in [-0.39, 0.29) is 17.0 Å². The van der Waals surface area contributed by atoms with Crippen LogP contribution in [0.25, 0.3) is 0 Å². The van der Waals surface area contributed by atoms with Crippen molar-refractivity contribution in [3.8, 4) is 0 Å². The van der Waals surface area contributed by atoms with Gasteiger partial charge in [0.05, 0.1) is 0 Å². The molecule has 0 aliphatic heterocycles. The average molecular weight is 375 g/mol. The Labute approximate surface area is 114 Å². The topological polar surface area (TPSA) is 0 Å². The van der Waals surface area contributed by atoms with Crippen molar-refractivity contribution in [3.05, 3.63) is 25.3 Å². The molecule has 86 valence electrons. The second kappa shape index (κ2) is 23.5. The first kappa shape index (κ1) is 20.1. The maximum atomic E-state index is 3.68. The van der Waals surface area contributed by atoms with Crippen molar-refractivity contribution >= 4 is 39.6 Å². The zero-order valence-electron chi connectivity index (χ0n) is 9.30. The lowest BCUT2D eigenvalue weighted by Gasteiger charge is -1.94. The highest BCUT2D eigenvalue weighted by atomic mass is 127. The maximum absolute atomic E-state index is 3.68. The van der Waals surface area contributed by atoms with Gasteiger partial charge in [-0.25, -0.2) is 0 Å². The number of allylic oxidation sites excluding steroid dienone is 2. The highest BCUT2D eigenvalue weighted by Gasteiger charge is 1.84. The summed E-state index contributed by atoms with van der Waals surface area (Å²) < 4.78 is 1.05. The van der Waals surface area contributed by atoms with Crippen LogP contribution in [0.5, 0.6) is 0 Å². The number of rotatable bonds is 7. The summed E-state index contributed by atoms with van der Waals surface area (Å²) >= 11 is 2.23. The Morgan fingerprint density at radius 2 is 1.50 bits per heavy atom. The van der Waals surface area contributed by atoms with Crippen molar-refractivity contribution in [3.63, 3.8) is 0 Å². The van der Waals surface area contributed by atoms with E-state index in [4.69, 9.17) is 0 Å². The number of halogens is 2. The third-order valence-corrected chi connectivity index (χ3v) is 2.24. The van der Waals surface area contributed by atoms with Crippen LogP contribution in [0.2, 0.25) is 0 Å². The molecule has 0 aromatic heterocycles. The van der Waals surface area contributed by atoms with Crippen LogP contribution in [-0.2, 0) is 0 Å². The molecule has 0 atom stereocenters. The van der Waals surface area contributed by atoms with Gasteiger partial charge >= 0.3 is 0 Å². The molecule has 0 radical (unpaired) electrons. The summed E-state index contributed by atoms with van der Waals surface area (Å²) in [4.78, 5) is 0. The molecule has 0 aromatic rings. The van der Waals surface area contributed by atoms with E-state index >= 15 is 0 Å². The van der Waals surface area contributed by atoms with Gasteiger partial charge in [0, 0.05) is 4.43 Å². The molecular weight excluding hydrogens is 351 g/mol. The quantitative estimate of drug-likeness (QED) is 0.231. The fourth-order valence-electron chi connectivity index (χ4n) is 0.892. The summed E-state index contributed by atoms with van der Waals surface area (Å²) in [7, 11) is 0. The lowest BCUT2D eigenvalue weighted by atomic mass is 10.1. The van der Waals surface area contributed by atoms with Crippen LogP contribution >= 0.6 is 39.6 Å². The van der Waals surface area contributed by atoms with Crippen LogP contribution in [0.4, 0.5) is 0 Å². The monoisotopic (exact) mass is 374 g/mol. The third-order valence-electron chi connectivity index (χ3n) is 1.62. The first-order valence-electron chi connectivity index (χ1n) is 5.11. The van der Waals surface area contributed by atoms with E-state index in [2.05, 4.69) is 42.7 Å². The highest BCUT2D eigenvalue weighted by Crippen LogP contribution is 2.04. The summed E-state index contributed by atoms with van der Waals surface area (Å²) in [6.45, 7) is 9.39. The van der Waals surface area contributed by atoms with Gasteiger partial charge in [-0.15, -0.1) is 30.1 Å². The number of alkyl halides is 1. The Balaban J connectivity index is -0.000000209. The van der Waals surface area contributed by atoms with Crippen LogP contribution in [-0.4, -0.2) is 4.43 Å². The van der Waals surface area contributed by atoms with Crippen LogP contribution in [0.3, 0.4) is 0 Å². The average Bonchev–Trinajstić information content (AvgIpc) is 2.18. The summed E-state index contributed by atoms with van der Waals surface area (Å²) in [5.41, 5.74) is 0. The van der Waals surface area contributed by atoms with Gasteiger partial charge in [0.25, 0.3) is 0 Å². The highest BCUT2D eigenvalue weighted by molar-refractivity contribution is 14.1. The number of hydrogen-bond donors (Lipinski definition) is 0. The molecule has 0 amide bonds. The zero-order chi connectivity index (χ0) is 10.4. The summed E-state index contributed by atoms with van der Waals surface area (Å²) in [5.74, 6) is 0. The minimum Gasteiger partial charge on any atom is -0.114 e. The second-order valence-electron chi connectivity index (χ2n) is 2.93. The van der Waals surface area contributed by atoms with E-state index in [9.17, 15) is 0 Å². The molecular formula is C12H24BrI. The summed E-state index contributed by atoms with van der Waals surface area (Å²) in [6.07, 6.45) is 11.9. The summed E-state index contributed by atoms with van der Waals surface area (Å²) in [5, 5.41) is 0. The molecule has 0 spiro atoms. The molecule has 0 bridgehead atoms. The number of hydrogen-bond acceptors (Lipinski definition) is 0. The molecule has 0 heterocycles. The fraction of sp³-hybridized carbons (Fsp3) is 0.667. The molecule has 0 fully saturated rings. The van der Waals surface area contributed by atoms with Gasteiger partial charge in [0.15, 0.2) is 0 Å². The van der Waals surface area contributed by atoms with Gasteiger partial charge < -0.3 is 0 Å². The number of unbranched alkanes of at least 4 members (excludes halogenated alkanes) is 5. The molecule has 0 saturated heterocycles. The Morgan fingerprint density at radius 1 is 1.00 bits per heavy atom. The first-order chi connectivity index (χ1) is 6.33. The molecule has 0 N–H and O–H groups in total. The minimum absolute atomic E-state index is 0. The van der Waals surface area contributed by atoms with Crippen molar-refractivity contribution in [2.75, 3.05) is 4.43 Å². The predicted molar refractivity (Wildman–Crippen MR) is 83.0 cm³/mol. The molecule has 0 rings (SSSR count). The SMILES string of the molecule is Br.C=CCCCCCCC.C=CCI. The van der Waals surface area contributed by atoms with Gasteiger partial charge in [-0.1, -0.05) is 67.3 Å². The Morgan fingerprint density at radius 3 is 1.86 bits per heavy atom. The van der Waals surface area contributed by atoms with Crippen molar-refractivity contribution in [1.82, 2.24) is 0 Å². The van der Waals surface area contributed by atoms with Crippen LogP contribution < -0.4 is 0 Å². The van der Waals surface area contributed by atoms with Crippen molar-refractivity contribution in [2.45, 2.75) is 45.4 Å². The smallest absolute Gasteiger partial charge is 0.0173 e. The van der Waals surface area contributed by atoms with Gasteiger partial charge in [-0.05, 0) is 12.8 Å². The maximum Gasteiger partial charge on any atom is 0.0173 e. The van der Waals surface area contributed by atoms with Crippen LogP contribution in [0.15, 0.2) is 25.3 Å². The molecule has 14 heavy (non-hydrogen) atoms. The van der Waals surface area contributed by atoms with Gasteiger partial charge in [0.1, 0.15) is 0 Å². The zero-order valence-corrected chi connectivity index (χ0v) is 13.2. The van der Waals surface area contributed by atoms with Crippen molar-refractivity contribution < 1.29 is 0 Å². The van der Waals surface area contributed by atoms with E-state index in [1.807, 2.05) is 12.2 Å². The Kier molecular flexibility index (Phi) is 33.8. The summed E-state index contributed by atoms with van der Waals surface area (Å²) in [6, 6.07) is 0. The Bertz CT molecular complexity index is 102. The molecule has 2 heteroatoms. The lowest BCUT2D eigenvalue weighted by molar-refractivity contribution is 0.638. The second-order valence-corrected chi connectivity index (χ2v) is 3.82. The largest absolute Gasteiger partial charge is 0.114 e. The van der Waals surface area contributed by atoms with Crippen LogP contribution in [0, 0.1) is 0 Å². The lowest BCUT2D eigenvalue weighted by Crippen LogP contribution is -1.74. The standard InChI is InChI=1S/C9H18.C3H5I.BrH/c1-3-5-7-9-8-6-4-2;1-2-3-4;/h3H,1,4-9H2,2H3;2H,1,3H2;1H. The van der Waals surface area contributed by atoms with Gasteiger partial charge in [0.2, 0.25) is 0 Å². The fourth-order valence-corrected chi connectivity index (χ4v) is 0.892. The predicted octanol–water partition coefficient (Wildman–Crippen LogP) is 5.72. The molecule has 0 saturated carbocycles. The van der Waals surface area contributed by atoms with E-state index < -0.39 is 0 Å². The first-order valence-corrected chi connectivity index (χ1v) is 6.63. The third kappa shape index (κ3) is 29.3. The van der Waals surface area contributed by atoms with Crippen molar-refractivity contribution in [1.29, 1.82) is 0 Å². The molecule has 0 nitrogen and oxygen atoms in total. The van der Waals surface area contributed by atoms with E-state index in [0.29, 0.717) is 0 Å². The minimum atomic E-state index is 0. The van der Waals surface area contributed by atoms with Crippen molar-refractivity contribution in [2.24, 2.45) is 0 Å². The molecule has 0 aromatic carbocycles. The Hall–Kier alpha value is 0.690. The van der Waals surface area contributed by atoms with Crippen LogP contribution in [0.1, 0.15) is 45.4 Å². The van der Waals surface area contributed by atoms with E-state index in [1.54, 1.807) is 0 Å².